The van der Waals surface area contributed by atoms with Crippen molar-refractivity contribution in [3.8, 4) is 0 Å². The van der Waals surface area contributed by atoms with Crippen LogP contribution in [0, 0.1) is 23.7 Å². The molecule has 0 radical (unpaired) electrons. The van der Waals surface area contributed by atoms with Gasteiger partial charge in [-0.05, 0) is 42.9 Å². The summed E-state index contributed by atoms with van der Waals surface area (Å²) in [5.41, 5.74) is 0. The van der Waals surface area contributed by atoms with Crippen LogP contribution in [0.25, 0.3) is 0 Å². The van der Waals surface area contributed by atoms with Crippen LogP contribution < -0.4 is 0 Å². The van der Waals surface area contributed by atoms with Gasteiger partial charge < -0.3 is 0 Å². The Balaban J connectivity index is 0.0000000875. The van der Waals surface area contributed by atoms with Gasteiger partial charge in [0.1, 0.15) is 0 Å². The molecule has 4 unspecified atom stereocenters. The summed E-state index contributed by atoms with van der Waals surface area (Å²) >= 11 is 0. The van der Waals surface area contributed by atoms with E-state index in [1.165, 1.54) is 36.5 Å². The molecule has 4 saturated carbocycles. The fourth-order valence-electron chi connectivity index (χ4n) is 3.70. The van der Waals surface area contributed by atoms with Gasteiger partial charge in [0.15, 0.2) is 0 Å². The average Bonchev–Trinajstić information content (AvgIpc) is 2.57. The third kappa shape index (κ3) is 1.65. The molecule has 0 aromatic heterocycles. The van der Waals surface area contributed by atoms with Crippen LogP contribution in [-0.4, -0.2) is 0 Å². The zero-order valence-electron chi connectivity index (χ0n) is 8.67. The lowest BCUT2D eigenvalue weighted by Crippen LogP contribution is -2.18. The third-order valence-corrected chi connectivity index (χ3v) is 4.94. The van der Waals surface area contributed by atoms with Gasteiger partial charge in [-0.15, -0.1) is 0 Å². The molecule has 0 heterocycles. The maximum absolute atomic E-state index is 1.58. The lowest BCUT2D eigenvalue weighted by molar-refractivity contribution is 0.219. The van der Waals surface area contributed by atoms with Gasteiger partial charge in [-0.2, -0.15) is 0 Å². The van der Waals surface area contributed by atoms with Crippen LogP contribution in [-0.2, 0) is 0 Å². The first-order chi connectivity index (χ1) is 6.43. The number of hydrogen-bond donors (Lipinski definition) is 0. The van der Waals surface area contributed by atoms with Crippen LogP contribution in [0.4, 0.5) is 0 Å². The van der Waals surface area contributed by atoms with E-state index in [1.54, 1.807) is 44.9 Å². The summed E-state index contributed by atoms with van der Waals surface area (Å²) in [5.74, 6) is 4.81. The SMILES string of the molecule is C1CC2CC2C1.C1CC2CCC2C1. The molecule has 4 fully saturated rings. The van der Waals surface area contributed by atoms with Gasteiger partial charge in [-0.3, -0.25) is 0 Å². The molecule has 4 rings (SSSR count). The predicted octanol–water partition coefficient (Wildman–Crippen LogP) is 4.00. The Labute approximate surface area is 82.1 Å². The van der Waals surface area contributed by atoms with Crippen LogP contribution in [0.3, 0.4) is 0 Å². The monoisotopic (exact) mass is 178 g/mol. The van der Waals surface area contributed by atoms with E-state index in [1.807, 2.05) is 0 Å². The third-order valence-electron chi connectivity index (χ3n) is 4.94. The van der Waals surface area contributed by atoms with Crippen LogP contribution >= 0.6 is 0 Å². The Morgan fingerprint density at radius 1 is 0.462 bits per heavy atom. The molecule has 0 saturated heterocycles. The molecule has 0 bridgehead atoms. The molecule has 13 heavy (non-hydrogen) atoms. The van der Waals surface area contributed by atoms with Gasteiger partial charge in [0.2, 0.25) is 0 Å². The van der Waals surface area contributed by atoms with Crippen LogP contribution in [0.1, 0.15) is 57.8 Å². The van der Waals surface area contributed by atoms with E-state index in [-0.39, 0.29) is 0 Å². The van der Waals surface area contributed by atoms with Gasteiger partial charge >= 0.3 is 0 Å². The molecule has 4 atom stereocenters. The Morgan fingerprint density at radius 3 is 1.15 bits per heavy atom. The van der Waals surface area contributed by atoms with Gasteiger partial charge in [-0.25, -0.2) is 0 Å². The second-order valence-corrected chi connectivity index (χ2v) is 5.72. The Kier molecular flexibility index (Phi) is 2.11. The largest absolute Gasteiger partial charge is 0.0528 e. The smallest absolute Gasteiger partial charge is 0.0383 e. The molecule has 74 valence electrons. The first-order valence-electron chi connectivity index (χ1n) is 6.43. The molecule has 0 heteroatoms. The van der Waals surface area contributed by atoms with E-state index in [9.17, 15) is 0 Å². The van der Waals surface area contributed by atoms with Crippen molar-refractivity contribution in [3.63, 3.8) is 0 Å². The molecule has 4 aliphatic rings. The highest BCUT2D eigenvalue weighted by Crippen LogP contribution is 2.51. The second kappa shape index (κ2) is 3.29. The minimum atomic E-state index is 1.19. The van der Waals surface area contributed by atoms with Crippen molar-refractivity contribution in [1.82, 2.24) is 0 Å². The van der Waals surface area contributed by atoms with E-state index >= 15 is 0 Å². The van der Waals surface area contributed by atoms with E-state index in [0.29, 0.717) is 0 Å². The molecular formula is C13H22. The van der Waals surface area contributed by atoms with Gasteiger partial charge in [0.25, 0.3) is 0 Å². The molecule has 0 aliphatic heterocycles. The molecule has 0 amide bonds. The average molecular weight is 178 g/mol. The molecule has 4 aliphatic carbocycles. The summed E-state index contributed by atoms with van der Waals surface area (Å²) in [6.07, 6.45) is 14.0. The van der Waals surface area contributed by atoms with Gasteiger partial charge in [0.05, 0.1) is 0 Å². The van der Waals surface area contributed by atoms with Crippen LogP contribution in [0.5, 0.6) is 0 Å². The van der Waals surface area contributed by atoms with E-state index in [4.69, 9.17) is 0 Å². The van der Waals surface area contributed by atoms with E-state index < -0.39 is 0 Å². The number of fused-ring (bicyclic) bond motifs is 2. The summed E-state index contributed by atoms with van der Waals surface area (Å²) in [7, 11) is 0. The van der Waals surface area contributed by atoms with Crippen molar-refractivity contribution in [2.75, 3.05) is 0 Å². The normalized spacial score (nSPS) is 49.8. The molecule has 0 aromatic rings. The highest BCUT2D eigenvalue weighted by Gasteiger charge is 2.40. The standard InChI is InChI=1S/C7H12.C6H10/c1-2-6-4-5-7(6)3-1;1-2-5-4-6(5)3-1/h6-7H,1-5H2;5-6H,1-4H2. The first-order valence-corrected chi connectivity index (χ1v) is 6.43. The maximum Gasteiger partial charge on any atom is -0.0383 e. The number of hydrogen-bond acceptors (Lipinski definition) is 0. The van der Waals surface area contributed by atoms with Crippen LogP contribution in [0.2, 0.25) is 0 Å². The Hall–Kier alpha value is 0. The Morgan fingerprint density at radius 2 is 0.923 bits per heavy atom. The van der Waals surface area contributed by atoms with E-state index in [2.05, 4.69) is 0 Å². The predicted molar refractivity (Wildman–Crippen MR) is 55.5 cm³/mol. The number of rotatable bonds is 0. The summed E-state index contributed by atoms with van der Waals surface area (Å²) < 4.78 is 0. The first kappa shape index (κ1) is 8.32. The Bertz CT molecular complexity index is 166. The minimum Gasteiger partial charge on any atom is -0.0528 e. The fourth-order valence-corrected chi connectivity index (χ4v) is 3.70. The summed E-state index contributed by atoms with van der Waals surface area (Å²) in [5, 5.41) is 0. The maximum atomic E-state index is 1.58. The van der Waals surface area contributed by atoms with E-state index in [0.717, 1.165) is 0 Å². The highest BCUT2D eigenvalue weighted by atomic mass is 14.5. The second-order valence-electron chi connectivity index (χ2n) is 5.72. The van der Waals surface area contributed by atoms with Crippen molar-refractivity contribution in [1.29, 1.82) is 0 Å². The van der Waals surface area contributed by atoms with Crippen molar-refractivity contribution >= 4 is 0 Å². The molecule has 0 nitrogen and oxygen atoms in total. The molecular weight excluding hydrogens is 156 g/mol. The summed E-state index contributed by atoms with van der Waals surface area (Å²) in [4.78, 5) is 0. The molecule has 0 aromatic carbocycles. The van der Waals surface area contributed by atoms with Crippen molar-refractivity contribution in [3.05, 3.63) is 0 Å². The lowest BCUT2D eigenvalue weighted by atomic mass is 9.77. The molecule has 0 spiro atoms. The molecule has 0 N–H and O–H groups in total. The van der Waals surface area contributed by atoms with Gasteiger partial charge in [-0.1, -0.05) is 38.5 Å². The fraction of sp³-hybridized carbons (Fsp3) is 1.00. The quantitative estimate of drug-likeness (QED) is 0.526. The van der Waals surface area contributed by atoms with Crippen molar-refractivity contribution in [2.45, 2.75) is 57.8 Å². The zero-order chi connectivity index (χ0) is 8.67. The summed E-state index contributed by atoms with van der Waals surface area (Å²) in [6, 6.07) is 0. The van der Waals surface area contributed by atoms with Crippen molar-refractivity contribution in [2.24, 2.45) is 23.7 Å². The van der Waals surface area contributed by atoms with Gasteiger partial charge in [0, 0.05) is 0 Å². The lowest BCUT2D eigenvalue weighted by Gasteiger charge is -2.29. The van der Waals surface area contributed by atoms with Crippen LogP contribution in [0.15, 0.2) is 0 Å². The topological polar surface area (TPSA) is 0 Å². The van der Waals surface area contributed by atoms with Crippen molar-refractivity contribution < 1.29 is 0 Å². The zero-order valence-corrected chi connectivity index (χ0v) is 8.67. The highest BCUT2D eigenvalue weighted by molar-refractivity contribution is 4.91. The summed E-state index contributed by atoms with van der Waals surface area (Å²) in [6.45, 7) is 0. The minimum absolute atomic E-state index is 1.19.